The minimum absolute atomic E-state index is 0.00368. The van der Waals surface area contributed by atoms with Crippen LogP contribution in [0.4, 0.5) is 0 Å². The van der Waals surface area contributed by atoms with Crippen LogP contribution in [0.25, 0.3) is 0 Å². The number of aromatic amines is 1. The highest BCUT2D eigenvalue weighted by Gasteiger charge is 2.23. The van der Waals surface area contributed by atoms with Gasteiger partial charge in [-0.2, -0.15) is 0 Å². The predicted octanol–water partition coefficient (Wildman–Crippen LogP) is -0.778. The maximum atomic E-state index is 12.2. The Labute approximate surface area is 112 Å². The Balaban J connectivity index is 1.86. The lowest BCUT2D eigenvalue weighted by Gasteiger charge is -2.33. The molecule has 2 rings (SSSR count). The van der Waals surface area contributed by atoms with E-state index in [-0.39, 0.29) is 11.8 Å². The Morgan fingerprint density at radius 2 is 2.05 bits per heavy atom. The maximum absolute atomic E-state index is 12.2. The van der Waals surface area contributed by atoms with Gasteiger partial charge in [0.1, 0.15) is 11.5 Å². The molecule has 1 aliphatic rings. The maximum Gasteiger partial charge on any atom is 0.272 e. The minimum Gasteiger partial charge on any atom is -0.358 e. The summed E-state index contributed by atoms with van der Waals surface area (Å²) in [6, 6.07) is 0. The molecule has 7 heteroatoms. The van der Waals surface area contributed by atoms with Crippen LogP contribution in [0.2, 0.25) is 0 Å². The number of hydrogen-bond donors (Lipinski definition) is 2. The van der Waals surface area contributed by atoms with Crippen molar-refractivity contribution in [3.63, 3.8) is 0 Å². The van der Waals surface area contributed by atoms with Crippen molar-refractivity contribution in [2.75, 3.05) is 39.8 Å². The van der Waals surface area contributed by atoms with Gasteiger partial charge in [-0.05, 0) is 6.92 Å². The molecule has 0 aliphatic carbocycles. The Morgan fingerprint density at radius 3 is 2.58 bits per heavy atom. The summed E-state index contributed by atoms with van der Waals surface area (Å²) in [5.74, 6) is 0.714. The van der Waals surface area contributed by atoms with Crippen LogP contribution in [0.1, 0.15) is 16.3 Å². The number of carbonyl (C=O) groups excluding carboxylic acids is 2. The molecule has 2 N–H and O–H groups in total. The summed E-state index contributed by atoms with van der Waals surface area (Å²) in [4.78, 5) is 34.2. The van der Waals surface area contributed by atoms with E-state index in [0.717, 1.165) is 5.82 Å². The Bertz CT molecular complexity index is 462. The van der Waals surface area contributed by atoms with Gasteiger partial charge in [0.2, 0.25) is 5.91 Å². The first kappa shape index (κ1) is 13.5. The lowest BCUT2D eigenvalue weighted by Crippen LogP contribution is -2.50. The first-order valence-electron chi connectivity index (χ1n) is 6.34. The third-order valence-corrected chi connectivity index (χ3v) is 3.24. The minimum atomic E-state index is -0.0276. The zero-order valence-corrected chi connectivity index (χ0v) is 11.3. The summed E-state index contributed by atoms with van der Waals surface area (Å²) in [7, 11) is 1.63. The average Bonchev–Trinajstić information content (AvgIpc) is 2.85. The normalized spacial score (nSPS) is 16.4. The monoisotopic (exact) mass is 265 g/mol. The summed E-state index contributed by atoms with van der Waals surface area (Å²) in [5.41, 5.74) is 0.525. The van der Waals surface area contributed by atoms with Gasteiger partial charge in [-0.3, -0.25) is 14.5 Å². The summed E-state index contributed by atoms with van der Waals surface area (Å²) < 4.78 is 0. The van der Waals surface area contributed by atoms with Gasteiger partial charge in [0.15, 0.2) is 0 Å². The number of imidazole rings is 1. The third-order valence-electron chi connectivity index (χ3n) is 3.24. The number of H-pyrrole nitrogens is 1. The number of aromatic nitrogens is 2. The van der Waals surface area contributed by atoms with E-state index in [2.05, 4.69) is 15.3 Å². The summed E-state index contributed by atoms with van der Waals surface area (Å²) in [5, 5.41) is 2.60. The highest BCUT2D eigenvalue weighted by atomic mass is 16.2. The second-order valence-corrected chi connectivity index (χ2v) is 4.62. The Kier molecular flexibility index (Phi) is 4.16. The topological polar surface area (TPSA) is 81.3 Å². The smallest absolute Gasteiger partial charge is 0.272 e. The van der Waals surface area contributed by atoms with Crippen LogP contribution in [-0.2, 0) is 4.79 Å². The molecular weight excluding hydrogens is 246 g/mol. The Hall–Kier alpha value is -1.89. The number of rotatable bonds is 3. The number of aryl methyl sites for hydroxylation is 1. The quantitative estimate of drug-likeness (QED) is 0.751. The van der Waals surface area contributed by atoms with E-state index in [9.17, 15) is 9.59 Å². The molecule has 19 heavy (non-hydrogen) atoms. The SMILES string of the molecule is CNC(=O)CN1CCN(C(=O)c2cnc(C)[nH]2)CC1. The van der Waals surface area contributed by atoms with Crippen molar-refractivity contribution in [2.45, 2.75) is 6.92 Å². The van der Waals surface area contributed by atoms with Gasteiger partial charge >= 0.3 is 0 Å². The van der Waals surface area contributed by atoms with E-state index in [4.69, 9.17) is 0 Å². The van der Waals surface area contributed by atoms with Gasteiger partial charge in [0, 0.05) is 33.2 Å². The zero-order chi connectivity index (χ0) is 13.8. The van der Waals surface area contributed by atoms with Crippen molar-refractivity contribution < 1.29 is 9.59 Å². The molecule has 1 fully saturated rings. The fourth-order valence-corrected chi connectivity index (χ4v) is 2.09. The molecule has 0 saturated carbocycles. The van der Waals surface area contributed by atoms with E-state index in [1.807, 2.05) is 11.8 Å². The molecule has 0 bridgehead atoms. The van der Waals surface area contributed by atoms with Crippen LogP contribution in [0.3, 0.4) is 0 Å². The van der Waals surface area contributed by atoms with Crippen LogP contribution in [-0.4, -0.2) is 71.4 Å². The summed E-state index contributed by atoms with van der Waals surface area (Å²) in [6.45, 7) is 4.90. The zero-order valence-electron chi connectivity index (χ0n) is 11.3. The number of piperazine rings is 1. The Morgan fingerprint density at radius 1 is 1.37 bits per heavy atom. The number of nitrogens with one attached hydrogen (secondary N) is 2. The van der Waals surface area contributed by atoms with Gasteiger partial charge < -0.3 is 15.2 Å². The molecule has 104 valence electrons. The molecule has 0 unspecified atom stereocenters. The van der Waals surface area contributed by atoms with E-state index < -0.39 is 0 Å². The van der Waals surface area contributed by atoms with E-state index in [1.165, 1.54) is 0 Å². The molecular formula is C12H19N5O2. The van der Waals surface area contributed by atoms with Crippen LogP contribution in [0.5, 0.6) is 0 Å². The average molecular weight is 265 g/mol. The molecule has 0 spiro atoms. The van der Waals surface area contributed by atoms with Gasteiger partial charge in [0.25, 0.3) is 5.91 Å². The molecule has 7 nitrogen and oxygen atoms in total. The number of carbonyl (C=O) groups is 2. The van der Waals surface area contributed by atoms with Gasteiger partial charge in [0.05, 0.1) is 12.7 Å². The molecule has 1 aromatic rings. The van der Waals surface area contributed by atoms with E-state index in [0.29, 0.717) is 38.4 Å². The molecule has 0 aromatic carbocycles. The molecule has 2 heterocycles. The van der Waals surface area contributed by atoms with Crippen LogP contribution in [0.15, 0.2) is 6.20 Å². The second kappa shape index (κ2) is 5.83. The van der Waals surface area contributed by atoms with Gasteiger partial charge in [-0.1, -0.05) is 0 Å². The predicted molar refractivity (Wildman–Crippen MR) is 69.7 cm³/mol. The van der Waals surface area contributed by atoms with E-state index in [1.54, 1.807) is 18.1 Å². The molecule has 1 aliphatic heterocycles. The lowest BCUT2D eigenvalue weighted by atomic mass is 10.3. The first-order valence-corrected chi connectivity index (χ1v) is 6.34. The van der Waals surface area contributed by atoms with Crippen molar-refractivity contribution in [3.05, 3.63) is 17.7 Å². The fourth-order valence-electron chi connectivity index (χ4n) is 2.09. The molecule has 1 aromatic heterocycles. The lowest BCUT2D eigenvalue weighted by molar-refractivity contribution is -0.122. The highest BCUT2D eigenvalue weighted by molar-refractivity contribution is 5.92. The molecule has 2 amide bonds. The number of amides is 2. The third kappa shape index (κ3) is 3.31. The molecule has 1 saturated heterocycles. The van der Waals surface area contributed by atoms with Crippen molar-refractivity contribution in [2.24, 2.45) is 0 Å². The van der Waals surface area contributed by atoms with Crippen LogP contribution >= 0.6 is 0 Å². The van der Waals surface area contributed by atoms with Crippen molar-refractivity contribution in [1.29, 1.82) is 0 Å². The largest absolute Gasteiger partial charge is 0.358 e. The highest BCUT2D eigenvalue weighted by Crippen LogP contribution is 2.07. The van der Waals surface area contributed by atoms with Crippen LogP contribution in [0, 0.1) is 6.92 Å². The first-order chi connectivity index (χ1) is 9.10. The summed E-state index contributed by atoms with van der Waals surface area (Å²) >= 11 is 0. The standard InChI is InChI=1S/C12H19N5O2/c1-9-14-7-10(15-9)12(19)17-5-3-16(4-6-17)8-11(18)13-2/h7H,3-6,8H2,1-2H3,(H,13,18)(H,14,15). The number of likely N-dealkylation sites (N-methyl/N-ethyl adjacent to an activating group) is 1. The van der Waals surface area contributed by atoms with Gasteiger partial charge in [-0.15, -0.1) is 0 Å². The molecule has 0 atom stereocenters. The number of nitrogens with zero attached hydrogens (tertiary/aromatic N) is 3. The van der Waals surface area contributed by atoms with Crippen molar-refractivity contribution >= 4 is 11.8 Å². The van der Waals surface area contributed by atoms with Crippen LogP contribution < -0.4 is 5.32 Å². The summed E-state index contributed by atoms with van der Waals surface area (Å²) in [6.07, 6.45) is 1.56. The van der Waals surface area contributed by atoms with Gasteiger partial charge in [-0.25, -0.2) is 4.98 Å². The fraction of sp³-hybridized carbons (Fsp3) is 0.583. The van der Waals surface area contributed by atoms with E-state index >= 15 is 0 Å². The van der Waals surface area contributed by atoms with Crippen molar-refractivity contribution in [1.82, 2.24) is 25.1 Å². The molecule has 0 radical (unpaired) electrons. The van der Waals surface area contributed by atoms with Crippen molar-refractivity contribution in [3.8, 4) is 0 Å². The number of hydrogen-bond acceptors (Lipinski definition) is 4. The second-order valence-electron chi connectivity index (χ2n) is 4.62.